The molecule has 2 fully saturated rings. The summed E-state index contributed by atoms with van der Waals surface area (Å²) in [6.45, 7) is 11.2. The van der Waals surface area contributed by atoms with E-state index in [0.717, 1.165) is 61.2 Å². The van der Waals surface area contributed by atoms with Crippen LogP contribution in [0.5, 0.6) is 17.4 Å². The lowest BCUT2D eigenvalue weighted by molar-refractivity contribution is 0.0615. The fourth-order valence-corrected chi connectivity index (χ4v) is 10.7. The van der Waals surface area contributed by atoms with E-state index in [9.17, 15) is 14.4 Å². The number of benzene rings is 4. The number of hydrogen-bond donors (Lipinski definition) is 3. The molecule has 4 aromatic heterocycles. The summed E-state index contributed by atoms with van der Waals surface area (Å²) in [5.41, 5.74) is 7.28. The van der Waals surface area contributed by atoms with E-state index < -0.39 is 0 Å². The number of aromatic amines is 3. The van der Waals surface area contributed by atoms with Crippen LogP contribution in [0.25, 0.3) is 66.4 Å². The normalized spacial score (nSPS) is 21.2. The molecule has 8 aromatic rings. The van der Waals surface area contributed by atoms with Gasteiger partial charge in [-0.05, 0) is 61.4 Å². The summed E-state index contributed by atoms with van der Waals surface area (Å²) in [5, 5.41) is 7.73. The highest BCUT2D eigenvalue weighted by Crippen LogP contribution is 2.38. The maximum absolute atomic E-state index is 13.2. The molecule has 73 heavy (non-hydrogen) atoms. The lowest BCUT2D eigenvalue weighted by Gasteiger charge is -2.21. The van der Waals surface area contributed by atoms with E-state index in [1.165, 1.54) is 0 Å². The molecule has 0 amide bonds. The summed E-state index contributed by atoms with van der Waals surface area (Å²) in [5.74, 6) is 1.67. The van der Waals surface area contributed by atoms with E-state index in [-0.39, 0.29) is 34.6 Å². The van der Waals surface area contributed by atoms with E-state index in [1.807, 2.05) is 48.5 Å². The van der Waals surface area contributed by atoms with E-state index in [4.69, 9.17) is 48.1 Å². The van der Waals surface area contributed by atoms with Crippen LogP contribution in [0.2, 0.25) is 0 Å². The van der Waals surface area contributed by atoms with Crippen LogP contribution < -0.4 is 30.9 Å². The summed E-state index contributed by atoms with van der Waals surface area (Å²) >= 11 is 0. The van der Waals surface area contributed by atoms with E-state index in [1.54, 1.807) is 42.8 Å². The van der Waals surface area contributed by atoms with Crippen LogP contribution in [0.3, 0.4) is 0 Å². The number of H-pyrrole nitrogens is 3. The molecular weight excluding hydrogens is 937 g/mol. The van der Waals surface area contributed by atoms with Crippen molar-refractivity contribution in [3.8, 4) is 39.9 Å². The maximum Gasteiger partial charge on any atom is 0.275 e. The number of para-hydroxylation sites is 2. The number of nitrogens with zero attached hydrogens (tertiary/aromatic N) is 7. The van der Waals surface area contributed by atoms with Crippen molar-refractivity contribution in [2.45, 2.75) is 77.3 Å². The van der Waals surface area contributed by atoms with Crippen LogP contribution in [0.1, 0.15) is 37.8 Å². The third kappa shape index (κ3) is 9.50. The molecule has 4 aliphatic heterocycles. The number of aromatic nitrogens is 8. The van der Waals surface area contributed by atoms with Crippen molar-refractivity contribution in [3.05, 3.63) is 103 Å². The van der Waals surface area contributed by atoms with Crippen LogP contribution >= 0.6 is 0 Å². The van der Waals surface area contributed by atoms with Crippen molar-refractivity contribution in [2.24, 2.45) is 0 Å². The Bertz CT molecular complexity index is 3530. The van der Waals surface area contributed by atoms with E-state index in [2.05, 4.69) is 38.8 Å². The van der Waals surface area contributed by atoms with Gasteiger partial charge in [0, 0.05) is 76.5 Å². The van der Waals surface area contributed by atoms with Crippen LogP contribution in [-0.4, -0.2) is 148 Å². The average Bonchev–Trinajstić information content (AvgIpc) is 4.13. The van der Waals surface area contributed by atoms with Gasteiger partial charge in [-0.25, -0.2) is 15.0 Å². The zero-order valence-electron chi connectivity index (χ0n) is 41.7. The van der Waals surface area contributed by atoms with Crippen molar-refractivity contribution in [1.82, 2.24) is 49.3 Å². The Labute approximate surface area is 419 Å². The van der Waals surface area contributed by atoms with Gasteiger partial charge in [0.2, 0.25) is 5.88 Å². The Morgan fingerprint density at radius 1 is 0.630 bits per heavy atom. The first-order valence-corrected chi connectivity index (χ1v) is 24.9. The second kappa shape index (κ2) is 20.5. The van der Waals surface area contributed by atoms with Gasteiger partial charge in [0.1, 0.15) is 46.1 Å². The maximum atomic E-state index is 13.2. The third-order valence-electron chi connectivity index (χ3n) is 14.4. The first-order valence-electron chi connectivity index (χ1n) is 24.9. The molecule has 20 heteroatoms. The Kier molecular flexibility index (Phi) is 13.6. The van der Waals surface area contributed by atoms with Gasteiger partial charge >= 0.3 is 0 Å². The highest BCUT2D eigenvalue weighted by atomic mass is 16.5. The van der Waals surface area contributed by atoms with Gasteiger partial charge in [-0.15, -0.1) is 0 Å². The zero-order chi connectivity index (χ0) is 50.3. The third-order valence-corrected chi connectivity index (χ3v) is 14.4. The van der Waals surface area contributed by atoms with Gasteiger partial charge in [-0.2, -0.15) is 0 Å². The van der Waals surface area contributed by atoms with E-state index in [0.29, 0.717) is 132 Å². The lowest BCUT2D eigenvalue weighted by Crippen LogP contribution is -2.33. The summed E-state index contributed by atoms with van der Waals surface area (Å²) in [7, 11) is 4.87. The Morgan fingerprint density at radius 2 is 1.16 bits per heavy atom. The molecule has 2 saturated heterocycles. The number of methoxy groups -OCH3 is 3. The molecule has 20 nitrogen and oxygen atoms in total. The molecule has 0 saturated carbocycles. The van der Waals surface area contributed by atoms with Crippen molar-refractivity contribution >= 4 is 43.9 Å². The number of fused-ring (bicyclic) bond motifs is 10. The number of nitrogens with one attached hydrogen (secondary N) is 3. The predicted octanol–water partition coefficient (Wildman–Crippen LogP) is 5.22. The number of hydrogen-bond acceptors (Lipinski definition) is 15. The van der Waals surface area contributed by atoms with Gasteiger partial charge in [-0.1, -0.05) is 24.3 Å². The van der Waals surface area contributed by atoms with Crippen molar-refractivity contribution in [2.75, 3.05) is 73.9 Å². The van der Waals surface area contributed by atoms with E-state index >= 15 is 0 Å². The molecule has 382 valence electrons. The van der Waals surface area contributed by atoms with Crippen LogP contribution in [0, 0.1) is 0 Å². The number of rotatable bonds is 11. The van der Waals surface area contributed by atoms with Gasteiger partial charge in [0.25, 0.3) is 16.7 Å². The van der Waals surface area contributed by atoms with Gasteiger partial charge in [0.15, 0.2) is 0 Å². The molecule has 0 spiro atoms. The fraction of sp³-hybridized carbons (Fsp3) is 0.434. The molecule has 4 aromatic carbocycles. The van der Waals surface area contributed by atoms with Gasteiger partial charge in [-0.3, -0.25) is 43.7 Å². The van der Waals surface area contributed by atoms with Gasteiger partial charge < -0.3 is 38.1 Å². The minimum absolute atomic E-state index is 0.00278. The monoisotopic (exact) mass is 996 g/mol. The molecule has 12 bridgehead atoms. The number of ether oxygens (including phenoxy) is 7. The summed E-state index contributed by atoms with van der Waals surface area (Å²) < 4.78 is 43.8. The van der Waals surface area contributed by atoms with Crippen LogP contribution in [0.4, 0.5) is 0 Å². The molecular formula is C53H60N10O10. The minimum Gasteiger partial charge on any atom is -0.487 e. The average molecular weight is 997 g/mol. The second-order valence-electron chi connectivity index (χ2n) is 19.3. The summed E-state index contributed by atoms with van der Waals surface area (Å²) in [4.78, 5) is 61.9. The molecule has 0 aliphatic carbocycles. The zero-order valence-corrected chi connectivity index (χ0v) is 41.7. The quantitative estimate of drug-likeness (QED) is 0.142. The fourth-order valence-electron chi connectivity index (χ4n) is 10.7. The first kappa shape index (κ1) is 48.3. The second-order valence-corrected chi connectivity index (χ2v) is 19.3. The molecule has 3 N–H and O–H groups in total. The summed E-state index contributed by atoms with van der Waals surface area (Å²) in [6.07, 6.45) is 1.70. The largest absolute Gasteiger partial charge is 0.487 e. The van der Waals surface area contributed by atoms with Crippen molar-refractivity contribution in [1.29, 1.82) is 0 Å². The SMILES string of the molecule is COCCOCc1cc2c3nc(c(=O)[nH]c3c1)-c1cccc3c(=O)n([nH]c13)CCN1CC(C[C@H]1C)O2.COCCOCc1cc2c3nc(c(OC)nc3c1)-c1cccc3c(=O)n([nH]c13)CCN1CC(C[C@H]1C)O2. The lowest BCUT2D eigenvalue weighted by atomic mass is 10.1. The Balaban J connectivity index is 0.000000157. The molecule has 8 heterocycles. The molecule has 4 aliphatic rings. The van der Waals surface area contributed by atoms with Crippen LogP contribution in [-0.2, 0) is 45.3 Å². The highest BCUT2D eigenvalue weighted by molar-refractivity contribution is 5.96. The van der Waals surface area contributed by atoms with Crippen LogP contribution in [0.15, 0.2) is 75.0 Å². The topological polar surface area (TPSA) is 218 Å². The van der Waals surface area contributed by atoms with Gasteiger partial charge in [0.05, 0.1) is 92.7 Å². The molecule has 12 rings (SSSR count). The predicted molar refractivity (Wildman–Crippen MR) is 275 cm³/mol. The molecule has 6 atom stereocenters. The Morgan fingerprint density at radius 3 is 1.73 bits per heavy atom. The first-order chi connectivity index (χ1) is 35.6. The van der Waals surface area contributed by atoms with Crippen molar-refractivity contribution < 1.29 is 33.2 Å². The molecule has 0 radical (unpaired) electrons. The highest BCUT2D eigenvalue weighted by Gasteiger charge is 2.33. The van der Waals surface area contributed by atoms with Crippen molar-refractivity contribution in [3.63, 3.8) is 0 Å². The molecule has 4 unspecified atom stereocenters. The minimum atomic E-state index is -0.334. The smallest absolute Gasteiger partial charge is 0.275 e. The summed E-state index contributed by atoms with van der Waals surface area (Å²) in [6, 6.07) is 19.4. The Hall–Kier alpha value is -6.94. The standard InChI is InChI=1S/C27H31N5O5.C26H29N5O5/c1-16-11-18-14-31(16)7-8-32-27(33)20-6-4-5-19(23(20)30-32)24-26(35-3)28-21-12-17(15-36-10-9-34-2)13-22(37-18)25(21)29-24;1-15-10-17-13-30(15)6-7-31-26(33)19-5-3-4-18(22(19)29-31)23-25(32)27-20-11-16(14-35-9-8-34-2)12-21(36-17)24(20)28-23/h4-6,12-13,16,18,30H,7-11,14-15H2,1-3H3;3-5,11-12,15,17,29H,6-10,13-14H2,1-2H3,(H,27,32)/t16-,18?;15-,17?/m11/s1.